The maximum absolute atomic E-state index is 10.6. The molecule has 0 bridgehead atoms. The average molecular weight is 230 g/mol. The Hall–Kier alpha value is -2.50. The first-order chi connectivity index (χ1) is 8.15. The van der Waals surface area contributed by atoms with E-state index in [1.54, 1.807) is 12.3 Å². The Morgan fingerprint density at radius 1 is 1.24 bits per heavy atom. The molecule has 86 valence electrons. The fourth-order valence-electron chi connectivity index (χ4n) is 1.37. The van der Waals surface area contributed by atoms with Crippen LogP contribution >= 0.6 is 0 Å². The highest BCUT2D eigenvalue weighted by molar-refractivity contribution is 5.58. The lowest BCUT2D eigenvalue weighted by atomic mass is 10.3. The van der Waals surface area contributed by atoms with Gasteiger partial charge in [-0.15, -0.1) is 0 Å². The topological polar surface area (TPSA) is 81.0 Å². The first-order valence-corrected chi connectivity index (χ1v) is 4.95. The summed E-state index contributed by atoms with van der Waals surface area (Å²) < 4.78 is 0. The zero-order valence-corrected chi connectivity index (χ0v) is 9.12. The van der Waals surface area contributed by atoms with E-state index in [0.717, 1.165) is 11.4 Å². The van der Waals surface area contributed by atoms with Gasteiger partial charge in [0, 0.05) is 29.8 Å². The number of nitro groups is 1. The van der Waals surface area contributed by atoms with E-state index < -0.39 is 4.92 Å². The highest BCUT2D eigenvalue weighted by Gasteiger charge is 2.06. The van der Waals surface area contributed by atoms with E-state index in [-0.39, 0.29) is 5.69 Å². The van der Waals surface area contributed by atoms with Crippen molar-refractivity contribution in [1.82, 2.24) is 9.97 Å². The number of hydrogen-bond donors (Lipinski definition) is 1. The number of hydrogen-bond acceptors (Lipinski definition) is 5. The van der Waals surface area contributed by atoms with Crippen LogP contribution in [-0.2, 0) is 0 Å². The molecule has 2 heterocycles. The van der Waals surface area contributed by atoms with Crippen molar-refractivity contribution in [1.29, 1.82) is 0 Å². The minimum Gasteiger partial charge on any atom is -0.340 e. The molecule has 0 amide bonds. The van der Waals surface area contributed by atoms with Crippen molar-refractivity contribution in [3.05, 3.63) is 52.5 Å². The van der Waals surface area contributed by atoms with Gasteiger partial charge >= 0.3 is 0 Å². The van der Waals surface area contributed by atoms with Crippen molar-refractivity contribution in [3.63, 3.8) is 0 Å². The molecule has 0 unspecified atom stereocenters. The van der Waals surface area contributed by atoms with E-state index in [1.807, 2.05) is 13.0 Å². The third-order valence-corrected chi connectivity index (χ3v) is 2.12. The molecule has 6 nitrogen and oxygen atoms in total. The fourth-order valence-corrected chi connectivity index (χ4v) is 1.37. The molecule has 2 aromatic heterocycles. The van der Waals surface area contributed by atoms with Crippen LogP contribution < -0.4 is 5.32 Å². The molecule has 2 aromatic rings. The Bertz CT molecular complexity index is 557. The van der Waals surface area contributed by atoms with Crippen LogP contribution in [0.2, 0.25) is 0 Å². The van der Waals surface area contributed by atoms with Gasteiger partial charge in [0.15, 0.2) is 0 Å². The summed E-state index contributed by atoms with van der Waals surface area (Å²) in [5.74, 6) is 0.435. The second-order valence-electron chi connectivity index (χ2n) is 3.47. The Morgan fingerprint density at radius 2 is 2.00 bits per heavy atom. The van der Waals surface area contributed by atoms with Crippen molar-refractivity contribution in [2.75, 3.05) is 5.32 Å². The van der Waals surface area contributed by atoms with Crippen molar-refractivity contribution < 1.29 is 4.92 Å². The second-order valence-corrected chi connectivity index (χ2v) is 3.47. The smallest absolute Gasteiger partial charge is 0.274 e. The molecular formula is C11H10N4O2. The van der Waals surface area contributed by atoms with Crippen molar-refractivity contribution >= 4 is 17.2 Å². The fraction of sp³-hybridized carbons (Fsp3) is 0.0909. The second kappa shape index (κ2) is 4.56. The van der Waals surface area contributed by atoms with Crippen molar-refractivity contribution in [2.45, 2.75) is 6.92 Å². The van der Waals surface area contributed by atoms with Gasteiger partial charge in [-0.05, 0) is 19.1 Å². The molecule has 0 aliphatic rings. The van der Waals surface area contributed by atoms with E-state index >= 15 is 0 Å². The zero-order chi connectivity index (χ0) is 12.3. The third kappa shape index (κ3) is 2.75. The summed E-state index contributed by atoms with van der Waals surface area (Å²) in [4.78, 5) is 18.2. The van der Waals surface area contributed by atoms with Crippen LogP contribution in [0.15, 0.2) is 36.7 Å². The summed E-state index contributed by atoms with van der Waals surface area (Å²) in [6.45, 7) is 1.87. The number of pyridine rings is 2. The molecule has 6 heteroatoms. The van der Waals surface area contributed by atoms with Gasteiger partial charge in [0.2, 0.25) is 0 Å². The summed E-state index contributed by atoms with van der Waals surface area (Å²) in [5, 5.41) is 13.6. The van der Waals surface area contributed by atoms with Crippen LogP contribution in [0.1, 0.15) is 5.69 Å². The molecular weight excluding hydrogens is 220 g/mol. The third-order valence-electron chi connectivity index (χ3n) is 2.12. The molecule has 0 radical (unpaired) electrons. The van der Waals surface area contributed by atoms with Crippen LogP contribution in [0, 0.1) is 17.0 Å². The molecule has 0 aromatic carbocycles. The number of anilines is 2. The quantitative estimate of drug-likeness (QED) is 0.646. The van der Waals surface area contributed by atoms with Gasteiger partial charge in [-0.25, -0.2) is 4.98 Å². The summed E-state index contributed by atoms with van der Waals surface area (Å²) in [5.41, 5.74) is 1.67. The molecule has 0 fully saturated rings. The molecule has 17 heavy (non-hydrogen) atoms. The SMILES string of the molecule is Cc1cc(Nc2cc([N+](=O)[O-])ccn2)ccn1. The van der Waals surface area contributed by atoms with Crippen molar-refractivity contribution in [3.8, 4) is 0 Å². The first-order valence-electron chi connectivity index (χ1n) is 4.95. The molecule has 0 spiro atoms. The molecule has 0 saturated heterocycles. The van der Waals surface area contributed by atoms with E-state index in [2.05, 4.69) is 15.3 Å². The first kappa shape index (κ1) is 11.0. The van der Waals surface area contributed by atoms with E-state index in [1.165, 1.54) is 18.3 Å². The van der Waals surface area contributed by atoms with Gasteiger partial charge in [-0.2, -0.15) is 0 Å². The van der Waals surface area contributed by atoms with Crippen LogP contribution in [-0.4, -0.2) is 14.9 Å². The maximum Gasteiger partial charge on any atom is 0.274 e. The highest BCUT2D eigenvalue weighted by Crippen LogP contribution is 2.18. The molecule has 1 N–H and O–H groups in total. The van der Waals surface area contributed by atoms with E-state index in [4.69, 9.17) is 0 Å². The summed E-state index contributed by atoms with van der Waals surface area (Å²) >= 11 is 0. The van der Waals surface area contributed by atoms with Gasteiger partial charge in [0.25, 0.3) is 5.69 Å². The Balaban J connectivity index is 2.24. The Kier molecular flexibility index (Phi) is 2.95. The van der Waals surface area contributed by atoms with Gasteiger partial charge in [0.1, 0.15) is 5.82 Å². The zero-order valence-electron chi connectivity index (χ0n) is 9.12. The number of nitrogens with zero attached hydrogens (tertiary/aromatic N) is 3. The summed E-state index contributed by atoms with van der Waals surface area (Å²) in [6.07, 6.45) is 3.06. The van der Waals surface area contributed by atoms with E-state index in [0.29, 0.717) is 5.82 Å². The molecule has 0 aliphatic carbocycles. The minimum atomic E-state index is -0.454. The Morgan fingerprint density at radius 3 is 2.71 bits per heavy atom. The maximum atomic E-state index is 10.6. The van der Waals surface area contributed by atoms with E-state index in [9.17, 15) is 10.1 Å². The molecule has 0 aliphatic heterocycles. The lowest BCUT2D eigenvalue weighted by Crippen LogP contribution is -1.96. The standard InChI is InChI=1S/C11H10N4O2/c1-8-6-9(2-4-12-8)14-11-7-10(15(16)17)3-5-13-11/h2-7H,1H3,(H,12,13,14). The molecule has 0 atom stereocenters. The van der Waals surface area contributed by atoms with Gasteiger partial charge in [-0.3, -0.25) is 15.1 Å². The summed E-state index contributed by atoms with van der Waals surface area (Å²) in [6, 6.07) is 6.34. The number of aryl methyl sites for hydroxylation is 1. The van der Waals surface area contributed by atoms with Crippen LogP contribution in [0.3, 0.4) is 0 Å². The van der Waals surface area contributed by atoms with Gasteiger partial charge in [-0.1, -0.05) is 0 Å². The Labute approximate surface area is 97.5 Å². The molecule has 0 saturated carbocycles. The number of rotatable bonds is 3. The lowest BCUT2D eigenvalue weighted by molar-refractivity contribution is -0.384. The predicted octanol–water partition coefficient (Wildman–Crippen LogP) is 2.44. The van der Waals surface area contributed by atoms with Crippen LogP contribution in [0.4, 0.5) is 17.2 Å². The average Bonchev–Trinajstić information content (AvgIpc) is 2.29. The monoisotopic (exact) mass is 230 g/mol. The summed E-state index contributed by atoms with van der Waals surface area (Å²) in [7, 11) is 0. The van der Waals surface area contributed by atoms with Crippen LogP contribution in [0.5, 0.6) is 0 Å². The van der Waals surface area contributed by atoms with Crippen LogP contribution in [0.25, 0.3) is 0 Å². The van der Waals surface area contributed by atoms with Gasteiger partial charge in [0.05, 0.1) is 11.0 Å². The largest absolute Gasteiger partial charge is 0.340 e. The lowest BCUT2D eigenvalue weighted by Gasteiger charge is -2.05. The molecule has 2 rings (SSSR count). The number of aromatic nitrogens is 2. The predicted molar refractivity (Wildman–Crippen MR) is 63.1 cm³/mol. The van der Waals surface area contributed by atoms with Crippen molar-refractivity contribution in [2.24, 2.45) is 0 Å². The highest BCUT2D eigenvalue weighted by atomic mass is 16.6. The number of nitrogens with one attached hydrogen (secondary N) is 1. The van der Waals surface area contributed by atoms with Gasteiger partial charge < -0.3 is 5.32 Å². The minimum absolute atomic E-state index is 0.00766. The normalized spacial score (nSPS) is 9.94.